The van der Waals surface area contributed by atoms with Gasteiger partial charge in [-0.2, -0.15) is 0 Å². The molecule has 3 heterocycles. The van der Waals surface area contributed by atoms with Crippen molar-refractivity contribution in [3.8, 4) is 0 Å². The van der Waals surface area contributed by atoms with E-state index in [9.17, 15) is 0 Å². The van der Waals surface area contributed by atoms with Crippen LogP contribution in [0.15, 0.2) is 53.3 Å². The van der Waals surface area contributed by atoms with Gasteiger partial charge < -0.3 is 14.3 Å². The Hall–Kier alpha value is -2.20. The third-order valence-corrected chi connectivity index (χ3v) is 4.22. The van der Waals surface area contributed by atoms with Crippen molar-refractivity contribution >= 4 is 16.6 Å². The number of aromatic amines is 1. The van der Waals surface area contributed by atoms with Gasteiger partial charge in [0.15, 0.2) is 0 Å². The highest BCUT2D eigenvalue weighted by Crippen LogP contribution is 2.19. The molecule has 0 atom stereocenters. The highest BCUT2D eigenvalue weighted by molar-refractivity contribution is 5.80. The average molecular weight is 281 g/mol. The number of aromatic nitrogens is 1. The Labute approximate surface area is 124 Å². The fourth-order valence-electron chi connectivity index (χ4n) is 3.06. The van der Waals surface area contributed by atoms with Crippen LogP contribution in [0.25, 0.3) is 10.9 Å². The van der Waals surface area contributed by atoms with E-state index in [1.807, 2.05) is 12.3 Å². The Bertz CT molecular complexity index is 676. The molecule has 4 heteroatoms. The quantitative estimate of drug-likeness (QED) is 0.801. The molecule has 4 nitrogen and oxygen atoms in total. The third kappa shape index (κ3) is 2.54. The predicted octanol–water partition coefficient (Wildman–Crippen LogP) is 3.08. The lowest BCUT2D eigenvalue weighted by molar-refractivity contribution is 0.247. The van der Waals surface area contributed by atoms with E-state index in [0.29, 0.717) is 0 Å². The number of hydrogen-bond acceptors (Lipinski definition) is 3. The molecule has 2 aromatic heterocycles. The van der Waals surface area contributed by atoms with Crippen LogP contribution < -0.4 is 4.90 Å². The second-order valence-electron chi connectivity index (χ2n) is 5.63. The van der Waals surface area contributed by atoms with Crippen LogP contribution in [0.1, 0.15) is 5.69 Å². The minimum atomic E-state index is 0.994. The zero-order chi connectivity index (χ0) is 14.1. The van der Waals surface area contributed by atoms with Gasteiger partial charge in [-0.05, 0) is 23.6 Å². The summed E-state index contributed by atoms with van der Waals surface area (Å²) in [7, 11) is 0. The highest BCUT2D eigenvalue weighted by Gasteiger charge is 2.18. The van der Waals surface area contributed by atoms with Crippen LogP contribution in [-0.4, -0.2) is 36.1 Å². The Morgan fingerprint density at radius 3 is 2.67 bits per heavy atom. The molecule has 21 heavy (non-hydrogen) atoms. The van der Waals surface area contributed by atoms with Crippen molar-refractivity contribution < 1.29 is 4.42 Å². The smallest absolute Gasteiger partial charge is 0.114 e. The standard InChI is InChI=1S/C17H19N3O/c1-2-4-17-14(3-1)11-15(18-17)12-19-6-8-20(9-7-19)16-5-10-21-13-16/h1-5,10-11,13,18H,6-9,12H2. The van der Waals surface area contributed by atoms with Crippen molar-refractivity contribution in [1.82, 2.24) is 9.88 Å². The normalized spacial score (nSPS) is 16.7. The molecule has 1 fully saturated rings. The number of para-hydroxylation sites is 1. The maximum absolute atomic E-state index is 5.16. The molecule has 0 unspecified atom stereocenters. The molecule has 3 aromatic rings. The van der Waals surface area contributed by atoms with E-state index in [2.05, 4.69) is 45.1 Å². The number of nitrogens with one attached hydrogen (secondary N) is 1. The first-order valence-electron chi connectivity index (χ1n) is 7.45. The first-order chi connectivity index (χ1) is 10.4. The summed E-state index contributed by atoms with van der Waals surface area (Å²) in [5, 5.41) is 1.30. The molecule has 1 aromatic carbocycles. The van der Waals surface area contributed by atoms with Gasteiger partial charge in [0.05, 0.1) is 12.0 Å². The van der Waals surface area contributed by atoms with Crippen LogP contribution in [0.3, 0.4) is 0 Å². The molecule has 4 rings (SSSR count). The lowest BCUT2D eigenvalue weighted by Crippen LogP contribution is -2.45. The monoisotopic (exact) mass is 281 g/mol. The van der Waals surface area contributed by atoms with E-state index >= 15 is 0 Å². The number of piperazine rings is 1. The van der Waals surface area contributed by atoms with Gasteiger partial charge in [0, 0.05) is 43.9 Å². The molecule has 0 saturated carbocycles. The van der Waals surface area contributed by atoms with Crippen molar-refractivity contribution in [1.29, 1.82) is 0 Å². The summed E-state index contributed by atoms with van der Waals surface area (Å²) in [6, 6.07) is 12.8. The van der Waals surface area contributed by atoms with Crippen LogP contribution in [0, 0.1) is 0 Å². The Balaban J connectivity index is 1.40. The lowest BCUT2D eigenvalue weighted by Gasteiger charge is -2.35. The zero-order valence-electron chi connectivity index (χ0n) is 12.0. The topological polar surface area (TPSA) is 35.4 Å². The van der Waals surface area contributed by atoms with Gasteiger partial charge in [0.2, 0.25) is 0 Å². The van der Waals surface area contributed by atoms with Gasteiger partial charge in [-0.3, -0.25) is 4.90 Å². The summed E-state index contributed by atoms with van der Waals surface area (Å²) in [6.45, 7) is 5.27. The summed E-state index contributed by atoms with van der Waals surface area (Å²) >= 11 is 0. The average Bonchev–Trinajstić information content (AvgIpc) is 3.17. The first kappa shape index (κ1) is 12.5. The fourth-order valence-corrected chi connectivity index (χ4v) is 3.06. The number of anilines is 1. The Kier molecular flexibility index (Phi) is 3.16. The fraction of sp³-hybridized carbons (Fsp3) is 0.294. The number of furan rings is 1. The van der Waals surface area contributed by atoms with Gasteiger partial charge in [-0.25, -0.2) is 0 Å². The number of rotatable bonds is 3. The van der Waals surface area contributed by atoms with E-state index in [4.69, 9.17) is 4.42 Å². The summed E-state index contributed by atoms with van der Waals surface area (Å²) in [5.74, 6) is 0. The van der Waals surface area contributed by atoms with Crippen LogP contribution in [-0.2, 0) is 6.54 Å². The van der Waals surface area contributed by atoms with E-state index in [1.165, 1.54) is 22.3 Å². The number of hydrogen-bond donors (Lipinski definition) is 1. The maximum Gasteiger partial charge on any atom is 0.114 e. The third-order valence-electron chi connectivity index (χ3n) is 4.22. The molecule has 1 aliphatic heterocycles. The SMILES string of the molecule is c1ccc2[nH]c(CN3CCN(c4ccoc4)CC3)cc2c1. The van der Waals surface area contributed by atoms with E-state index in [1.54, 1.807) is 6.26 Å². The van der Waals surface area contributed by atoms with Crippen LogP contribution in [0.5, 0.6) is 0 Å². The Morgan fingerprint density at radius 2 is 1.90 bits per heavy atom. The highest BCUT2D eigenvalue weighted by atomic mass is 16.3. The molecular weight excluding hydrogens is 262 g/mol. The lowest BCUT2D eigenvalue weighted by atomic mass is 10.2. The molecule has 0 spiro atoms. The zero-order valence-corrected chi connectivity index (χ0v) is 12.0. The van der Waals surface area contributed by atoms with Crippen molar-refractivity contribution in [3.05, 3.63) is 54.6 Å². The van der Waals surface area contributed by atoms with Crippen LogP contribution >= 0.6 is 0 Å². The van der Waals surface area contributed by atoms with Gasteiger partial charge >= 0.3 is 0 Å². The van der Waals surface area contributed by atoms with E-state index in [-0.39, 0.29) is 0 Å². The minimum Gasteiger partial charge on any atom is -0.470 e. The predicted molar refractivity (Wildman–Crippen MR) is 84.5 cm³/mol. The number of fused-ring (bicyclic) bond motifs is 1. The molecular formula is C17H19N3O. The Morgan fingerprint density at radius 1 is 1.05 bits per heavy atom. The molecule has 0 aliphatic carbocycles. The molecule has 0 radical (unpaired) electrons. The molecule has 0 amide bonds. The largest absolute Gasteiger partial charge is 0.470 e. The summed E-state index contributed by atoms with van der Waals surface area (Å²) in [5.41, 5.74) is 3.72. The van der Waals surface area contributed by atoms with Crippen LogP contribution in [0.2, 0.25) is 0 Å². The summed E-state index contributed by atoms with van der Waals surface area (Å²) in [4.78, 5) is 8.39. The van der Waals surface area contributed by atoms with Crippen molar-refractivity contribution in [2.75, 3.05) is 31.1 Å². The second-order valence-corrected chi connectivity index (χ2v) is 5.63. The first-order valence-corrected chi connectivity index (χ1v) is 7.45. The number of H-pyrrole nitrogens is 1. The summed E-state index contributed by atoms with van der Waals surface area (Å²) < 4.78 is 5.16. The molecule has 1 saturated heterocycles. The van der Waals surface area contributed by atoms with Crippen molar-refractivity contribution in [2.24, 2.45) is 0 Å². The van der Waals surface area contributed by atoms with Gasteiger partial charge in [0.1, 0.15) is 6.26 Å². The van der Waals surface area contributed by atoms with Gasteiger partial charge in [-0.15, -0.1) is 0 Å². The summed E-state index contributed by atoms with van der Waals surface area (Å²) in [6.07, 6.45) is 3.57. The van der Waals surface area contributed by atoms with Gasteiger partial charge in [-0.1, -0.05) is 18.2 Å². The number of nitrogens with zero attached hydrogens (tertiary/aromatic N) is 2. The van der Waals surface area contributed by atoms with E-state index < -0.39 is 0 Å². The number of benzene rings is 1. The van der Waals surface area contributed by atoms with Crippen molar-refractivity contribution in [2.45, 2.75) is 6.54 Å². The van der Waals surface area contributed by atoms with E-state index in [0.717, 1.165) is 32.7 Å². The maximum atomic E-state index is 5.16. The second kappa shape index (κ2) is 5.30. The van der Waals surface area contributed by atoms with Crippen molar-refractivity contribution in [3.63, 3.8) is 0 Å². The molecule has 108 valence electrons. The molecule has 0 bridgehead atoms. The molecule has 1 N–H and O–H groups in total. The van der Waals surface area contributed by atoms with Crippen LogP contribution in [0.4, 0.5) is 5.69 Å². The molecule has 1 aliphatic rings. The van der Waals surface area contributed by atoms with Gasteiger partial charge in [0.25, 0.3) is 0 Å². The minimum absolute atomic E-state index is 0.994.